The molecule has 0 spiro atoms. The van der Waals surface area contributed by atoms with Gasteiger partial charge in [0.15, 0.2) is 17.4 Å². The molecule has 1 aromatic rings. The van der Waals surface area contributed by atoms with Crippen LogP contribution in [0.3, 0.4) is 0 Å². The van der Waals surface area contributed by atoms with Gasteiger partial charge in [0.05, 0.1) is 4.83 Å². The van der Waals surface area contributed by atoms with E-state index in [-0.39, 0.29) is 16.2 Å². The maximum Gasteiger partial charge on any atom is 0.176 e. The molecule has 0 N–H and O–H groups in total. The molecular formula is C11H11BrF2O. The molecule has 1 unspecified atom stereocenters. The van der Waals surface area contributed by atoms with Gasteiger partial charge in [-0.25, -0.2) is 8.78 Å². The number of hydrogen-bond acceptors (Lipinski definition) is 1. The normalized spacial score (nSPS) is 12.5. The summed E-state index contributed by atoms with van der Waals surface area (Å²) < 4.78 is 25.5. The average Bonchev–Trinajstić information content (AvgIpc) is 2.21. The van der Waals surface area contributed by atoms with Gasteiger partial charge in [-0.05, 0) is 24.6 Å². The van der Waals surface area contributed by atoms with Gasteiger partial charge in [-0.2, -0.15) is 0 Å². The highest BCUT2D eigenvalue weighted by molar-refractivity contribution is 9.10. The monoisotopic (exact) mass is 276 g/mol. The van der Waals surface area contributed by atoms with E-state index in [4.69, 9.17) is 0 Å². The number of alkyl halides is 1. The minimum absolute atomic E-state index is 0.198. The third kappa shape index (κ3) is 3.09. The van der Waals surface area contributed by atoms with Crippen LogP contribution >= 0.6 is 15.9 Å². The van der Waals surface area contributed by atoms with Crippen molar-refractivity contribution in [3.63, 3.8) is 0 Å². The zero-order chi connectivity index (χ0) is 11.4. The molecule has 0 fully saturated rings. The van der Waals surface area contributed by atoms with Crippen molar-refractivity contribution in [3.05, 3.63) is 35.4 Å². The van der Waals surface area contributed by atoms with E-state index < -0.39 is 11.6 Å². The molecule has 0 saturated carbocycles. The maximum absolute atomic E-state index is 12.8. The highest BCUT2D eigenvalue weighted by Gasteiger charge is 2.17. The topological polar surface area (TPSA) is 17.1 Å². The summed E-state index contributed by atoms with van der Waals surface area (Å²) in [5, 5.41) is 0. The van der Waals surface area contributed by atoms with Gasteiger partial charge in [0.1, 0.15) is 0 Å². The number of carbonyl (C=O) groups is 1. The zero-order valence-electron chi connectivity index (χ0n) is 8.27. The molecule has 1 nitrogen and oxygen atoms in total. The fourth-order valence-electron chi connectivity index (χ4n) is 1.21. The van der Waals surface area contributed by atoms with Crippen LogP contribution in [-0.4, -0.2) is 10.6 Å². The van der Waals surface area contributed by atoms with E-state index in [9.17, 15) is 13.6 Å². The molecular weight excluding hydrogens is 266 g/mol. The van der Waals surface area contributed by atoms with Gasteiger partial charge < -0.3 is 0 Å². The SMILES string of the molecule is CCCC(Br)C(=O)c1ccc(F)c(F)c1. The van der Waals surface area contributed by atoms with Crippen LogP contribution in [0, 0.1) is 11.6 Å². The van der Waals surface area contributed by atoms with Crippen molar-refractivity contribution < 1.29 is 13.6 Å². The fraction of sp³-hybridized carbons (Fsp3) is 0.364. The summed E-state index contributed by atoms with van der Waals surface area (Å²) in [5.41, 5.74) is 0.198. The molecule has 82 valence electrons. The number of hydrogen-bond donors (Lipinski definition) is 0. The van der Waals surface area contributed by atoms with Crippen LogP contribution in [0.25, 0.3) is 0 Å². The van der Waals surface area contributed by atoms with E-state index in [1.165, 1.54) is 6.07 Å². The number of rotatable bonds is 4. The molecule has 15 heavy (non-hydrogen) atoms. The standard InChI is InChI=1S/C11H11BrF2O/c1-2-3-8(12)11(15)7-4-5-9(13)10(14)6-7/h4-6,8H,2-3H2,1H3. The molecule has 0 aliphatic heterocycles. The summed E-state index contributed by atoms with van der Waals surface area (Å²) in [5.74, 6) is -2.14. The first-order valence-electron chi connectivity index (χ1n) is 4.69. The van der Waals surface area contributed by atoms with Crippen LogP contribution in [0.4, 0.5) is 8.78 Å². The van der Waals surface area contributed by atoms with E-state index in [0.717, 1.165) is 18.6 Å². The van der Waals surface area contributed by atoms with Crippen LogP contribution in [0.2, 0.25) is 0 Å². The van der Waals surface area contributed by atoms with Crippen molar-refractivity contribution in [2.24, 2.45) is 0 Å². The first-order valence-corrected chi connectivity index (χ1v) is 5.61. The van der Waals surface area contributed by atoms with Gasteiger partial charge in [0.25, 0.3) is 0 Å². The minimum Gasteiger partial charge on any atom is -0.293 e. The second-order valence-corrected chi connectivity index (χ2v) is 4.35. The third-order valence-corrected chi connectivity index (χ3v) is 2.90. The van der Waals surface area contributed by atoms with Gasteiger partial charge in [-0.1, -0.05) is 29.3 Å². The summed E-state index contributed by atoms with van der Waals surface area (Å²) in [6, 6.07) is 3.19. The smallest absolute Gasteiger partial charge is 0.176 e. The molecule has 0 radical (unpaired) electrons. The van der Waals surface area contributed by atoms with Gasteiger partial charge >= 0.3 is 0 Å². The van der Waals surface area contributed by atoms with Gasteiger partial charge in [0.2, 0.25) is 0 Å². The predicted molar refractivity (Wildman–Crippen MR) is 58.3 cm³/mol. The van der Waals surface area contributed by atoms with Gasteiger partial charge in [-0.15, -0.1) is 0 Å². The Hall–Kier alpha value is -0.770. The number of halogens is 3. The molecule has 0 aliphatic carbocycles. The molecule has 1 rings (SSSR count). The quantitative estimate of drug-likeness (QED) is 0.605. The zero-order valence-corrected chi connectivity index (χ0v) is 9.85. The first kappa shape index (κ1) is 12.3. The van der Waals surface area contributed by atoms with E-state index in [0.29, 0.717) is 6.42 Å². The van der Waals surface area contributed by atoms with Gasteiger partial charge in [0, 0.05) is 5.56 Å². The highest BCUT2D eigenvalue weighted by Crippen LogP contribution is 2.17. The lowest BCUT2D eigenvalue weighted by atomic mass is 10.1. The lowest BCUT2D eigenvalue weighted by molar-refractivity contribution is 0.0988. The Morgan fingerprint density at radius 2 is 2.07 bits per heavy atom. The maximum atomic E-state index is 12.8. The van der Waals surface area contributed by atoms with Crippen molar-refractivity contribution in [2.45, 2.75) is 24.6 Å². The first-order chi connectivity index (χ1) is 7.06. The molecule has 1 aromatic carbocycles. The molecule has 0 aromatic heterocycles. The second kappa shape index (κ2) is 5.35. The van der Waals surface area contributed by atoms with Crippen LogP contribution in [-0.2, 0) is 0 Å². The molecule has 0 heterocycles. The van der Waals surface area contributed by atoms with Crippen molar-refractivity contribution in [3.8, 4) is 0 Å². The number of ketones is 1. The molecule has 0 bridgehead atoms. The van der Waals surface area contributed by atoms with Crippen molar-refractivity contribution in [2.75, 3.05) is 0 Å². The summed E-state index contributed by atoms with van der Waals surface area (Å²) in [6.07, 6.45) is 1.53. The third-order valence-electron chi connectivity index (χ3n) is 2.03. The van der Waals surface area contributed by atoms with Crippen molar-refractivity contribution in [1.29, 1.82) is 0 Å². The lowest BCUT2D eigenvalue weighted by Crippen LogP contribution is -2.14. The molecule has 4 heteroatoms. The van der Waals surface area contributed by atoms with Crippen LogP contribution < -0.4 is 0 Å². The second-order valence-electron chi connectivity index (χ2n) is 3.25. The molecule has 0 saturated heterocycles. The summed E-state index contributed by atoms with van der Waals surface area (Å²) in [6.45, 7) is 1.95. The van der Waals surface area contributed by atoms with E-state index >= 15 is 0 Å². The Morgan fingerprint density at radius 3 is 2.60 bits per heavy atom. The van der Waals surface area contributed by atoms with E-state index in [2.05, 4.69) is 15.9 Å². The molecule has 0 amide bonds. The number of carbonyl (C=O) groups excluding carboxylic acids is 1. The van der Waals surface area contributed by atoms with Gasteiger partial charge in [-0.3, -0.25) is 4.79 Å². The van der Waals surface area contributed by atoms with E-state index in [1.54, 1.807) is 0 Å². The predicted octanol–water partition coefficient (Wildman–Crippen LogP) is 3.71. The molecule has 0 aliphatic rings. The fourth-order valence-corrected chi connectivity index (χ4v) is 1.94. The molecule has 1 atom stereocenters. The summed E-state index contributed by atoms with van der Waals surface area (Å²) in [7, 11) is 0. The number of Topliss-reactive ketones (excluding diaryl/α,β-unsaturated/α-hetero) is 1. The van der Waals surface area contributed by atoms with Crippen LogP contribution in [0.1, 0.15) is 30.1 Å². The summed E-state index contributed by atoms with van der Waals surface area (Å²) in [4.78, 5) is 11.3. The Morgan fingerprint density at radius 1 is 1.40 bits per heavy atom. The summed E-state index contributed by atoms with van der Waals surface area (Å²) >= 11 is 3.22. The Bertz CT molecular complexity index is 366. The largest absolute Gasteiger partial charge is 0.293 e. The number of benzene rings is 1. The average molecular weight is 277 g/mol. The Kier molecular flexibility index (Phi) is 4.39. The lowest BCUT2D eigenvalue weighted by Gasteiger charge is -2.07. The Balaban J connectivity index is 2.87. The van der Waals surface area contributed by atoms with E-state index in [1.807, 2.05) is 6.92 Å². The van der Waals surface area contributed by atoms with Crippen LogP contribution in [0.15, 0.2) is 18.2 Å². The van der Waals surface area contributed by atoms with Crippen LogP contribution in [0.5, 0.6) is 0 Å². The Labute approximate surface area is 95.6 Å². The van der Waals surface area contributed by atoms with Crippen molar-refractivity contribution in [1.82, 2.24) is 0 Å². The highest BCUT2D eigenvalue weighted by atomic mass is 79.9. The van der Waals surface area contributed by atoms with Crippen molar-refractivity contribution >= 4 is 21.7 Å². The minimum atomic E-state index is -0.989.